The molecular formula is C16H24N2O. The van der Waals surface area contributed by atoms with Crippen LogP contribution in [0.2, 0.25) is 0 Å². The lowest BCUT2D eigenvalue weighted by Gasteiger charge is -2.36. The first-order valence-electron chi connectivity index (χ1n) is 7.56. The number of anilines is 1. The molecule has 0 bridgehead atoms. The monoisotopic (exact) mass is 260 g/mol. The van der Waals surface area contributed by atoms with Crippen LogP contribution in [-0.4, -0.2) is 25.3 Å². The highest BCUT2D eigenvalue weighted by Gasteiger charge is 2.29. The summed E-state index contributed by atoms with van der Waals surface area (Å²) >= 11 is 0. The van der Waals surface area contributed by atoms with Crippen LogP contribution in [0, 0.1) is 0 Å². The van der Waals surface area contributed by atoms with E-state index in [-0.39, 0.29) is 0 Å². The Morgan fingerprint density at radius 2 is 2.26 bits per heavy atom. The zero-order chi connectivity index (χ0) is 13.1. The maximum absolute atomic E-state index is 5.60. The fraction of sp³-hybridized carbons (Fsp3) is 0.625. The molecule has 0 saturated heterocycles. The van der Waals surface area contributed by atoms with Crippen LogP contribution in [-0.2, 0) is 17.7 Å². The van der Waals surface area contributed by atoms with Gasteiger partial charge >= 0.3 is 0 Å². The van der Waals surface area contributed by atoms with Crippen molar-refractivity contribution in [2.75, 3.05) is 18.5 Å². The molecule has 0 unspecified atom stereocenters. The van der Waals surface area contributed by atoms with Gasteiger partial charge in [-0.15, -0.1) is 0 Å². The lowest BCUT2D eigenvalue weighted by Crippen LogP contribution is -2.45. The predicted molar refractivity (Wildman–Crippen MR) is 78.5 cm³/mol. The first-order valence-corrected chi connectivity index (χ1v) is 7.56. The number of benzene rings is 1. The van der Waals surface area contributed by atoms with Crippen molar-refractivity contribution in [1.82, 2.24) is 5.32 Å². The van der Waals surface area contributed by atoms with Gasteiger partial charge < -0.3 is 15.4 Å². The van der Waals surface area contributed by atoms with Gasteiger partial charge in [0, 0.05) is 31.4 Å². The second-order valence-electron chi connectivity index (χ2n) is 5.61. The molecule has 1 aliphatic heterocycles. The Balaban J connectivity index is 1.53. The van der Waals surface area contributed by atoms with Gasteiger partial charge in [0.05, 0.1) is 6.10 Å². The SMILES string of the molecule is CCOC1CC(NCc2cccc3c2NCCC3)C1. The van der Waals surface area contributed by atoms with Crippen LogP contribution in [0.5, 0.6) is 0 Å². The molecular weight excluding hydrogens is 236 g/mol. The standard InChI is InChI=1S/C16H24N2O/c1-2-19-15-9-14(10-15)18-11-13-6-3-5-12-7-4-8-17-16(12)13/h3,5-6,14-15,17-18H,2,4,7-11H2,1H3. The summed E-state index contributed by atoms with van der Waals surface area (Å²) in [5.74, 6) is 0. The molecule has 3 nitrogen and oxygen atoms in total. The lowest BCUT2D eigenvalue weighted by molar-refractivity contribution is -0.0102. The van der Waals surface area contributed by atoms with Crippen molar-refractivity contribution in [3.63, 3.8) is 0 Å². The van der Waals surface area contributed by atoms with Gasteiger partial charge in [-0.2, -0.15) is 0 Å². The van der Waals surface area contributed by atoms with Gasteiger partial charge in [-0.3, -0.25) is 0 Å². The molecule has 2 N–H and O–H groups in total. The third-order valence-electron chi connectivity index (χ3n) is 4.24. The van der Waals surface area contributed by atoms with E-state index in [4.69, 9.17) is 4.74 Å². The Bertz CT molecular complexity index is 427. The average molecular weight is 260 g/mol. The van der Waals surface area contributed by atoms with Crippen LogP contribution in [0.1, 0.15) is 37.3 Å². The van der Waals surface area contributed by atoms with Crippen LogP contribution in [0.4, 0.5) is 5.69 Å². The van der Waals surface area contributed by atoms with Crippen molar-refractivity contribution in [1.29, 1.82) is 0 Å². The summed E-state index contributed by atoms with van der Waals surface area (Å²) in [6.07, 6.45) is 5.28. The summed E-state index contributed by atoms with van der Waals surface area (Å²) in [6.45, 7) is 5.00. The van der Waals surface area contributed by atoms with E-state index in [0.29, 0.717) is 12.1 Å². The van der Waals surface area contributed by atoms with Crippen molar-refractivity contribution < 1.29 is 4.74 Å². The lowest BCUT2D eigenvalue weighted by atomic mass is 9.89. The normalized spacial score (nSPS) is 25.3. The third-order valence-corrected chi connectivity index (χ3v) is 4.24. The Morgan fingerprint density at radius 3 is 3.11 bits per heavy atom. The van der Waals surface area contributed by atoms with E-state index in [1.54, 1.807) is 0 Å². The van der Waals surface area contributed by atoms with Crippen molar-refractivity contribution in [2.45, 2.75) is 51.3 Å². The quantitative estimate of drug-likeness (QED) is 0.854. The second-order valence-corrected chi connectivity index (χ2v) is 5.61. The molecule has 1 aliphatic carbocycles. The maximum atomic E-state index is 5.60. The highest BCUT2D eigenvalue weighted by Crippen LogP contribution is 2.27. The van der Waals surface area contributed by atoms with Crippen molar-refractivity contribution in [2.24, 2.45) is 0 Å². The van der Waals surface area contributed by atoms with E-state index >= 15 is 0 Å². The van der Waals surface area contributed by atoms with Crippen LogP contribution in [0.3, 0.4) is 0 Å². The molecule has 3 heteroatoms. The fourth-order valence-electron chi connectivity index (χ4n) is 3.09. The van der Waals surface area contributed by atoms with Crippen molar-refractivity contribution in [3.05, 3.63) is 29.3 Å². The van der Waals surface area contributed by atoms with Gasteiger partial charge in [0.2, 0.25) is 0 Å². The number of fused-ring (bicyclic) bond motifs is 1. The number of hydrogen-bond donors (Lipinski definition) is 2. The van der Waals surface area contributed by atoms with Crippen LogP contribution >= 0.6 is 0 Å². The zero-order valence-electron chi connectivity index (χ0n) is 11.7. The number of rotatable bonds is 5. The van der Waals surface area contributed by atoms with E-state index < -0.39 is 0 Å². The van der Waals surface area contributed by atoms with E-state index in [9.17, 15) is 0 Å². The van der Waals surface area contributed by atoms with Crippen LogP contribution in [0.25, 0.3) is 0 Å². The van der Waals surface area contributed by atoms with E-state index in [1.807, 2.05) is 0 Å². The molecule has 1 saturated carbocycles. The van der Waals surface area contributed by atoms with Gasteiger partial charge in [0.25, 0.3) is 0 Å². The van der Waals surface area contributed by atoms with Crippen molar-refractivity contribution >= 4 is 5.69 Å². The Hall–Kier alpha value is -1.06. The van der Waals surface area contributed by atoms with E-state index in [1.165, 1.54) is 29.7 Å². The molecule has 1 fully saturated rings. The van der Waals surface area contributed by atoms with Crippen LogP contribution < -0.4 is 10.6 Å². The molecule has 0 aromatic heterocycles. The molecule has 1 aromatic rings. The van der Waals surface area contributed by atoms with Gasteiger partial charge in [-0.25, -0.2) is 0 Å². The van der Waals surface area contributed by atoms with Crippen LogP contribution in [0.15, 0.2) is 18.2 Å². The summed E-state index contributed by atoms with van der Waals surface area (Å²) in [5, 5.41) is 7.21. The molecule has 104 valence electrons. The summed E-state index contributed by atoms with van der Waals surface area (Å²) in [5.41, 5.74) is 4.27. The average Bonchev–Trinajstić information content (AvgIpc) is 2.41. The predicted octanol–water partition coefficient (Wildman–Crippen LogP) is 2.70. The number of aryl methyl sites for hydroxylation is 1. The molecule has 0 amide bonds. The molecule has 1 aromatic carbocycles. The minimum Gasteiger partial charge on any atom is -0.385 e. The topological polar surface area (TPSA) is 33.3 Å². The third kappa shape index (κ3) is 2.93. The summed E-state index contributed by atoms with van der Waals surface area (Å²) < 4.78 is 5.60. The molecule has 0 spiro atoms. The number of para-hydroxylation sites is 1. The molecule has 19 heavy (non-hydrogen) atoms. The Kier molecular flexibility index (Phi) is 4.04. The van der Waals surface area contributed by atoms with Gasteiger partial charge in [0.1, 0.15) is 0 Å². The van der Waals surface area contributed by atoms with Crippen molar-refractivity contribution in [3.8, 4) is 0 Å². The highest BCUT2D eigenvalue weighted by atomic mass is 16.5. The minimum atomic E-state index is 0.491. The molecule has 0 atom stereocenters. The second kappa shape index (κ2) is 5.93. The molecule has 2 aliphatic rings. The minimum absolute atomic E-state index is 0.491. The fourth-order valence-corrected chi connectivity index (χ4v) is 3.09. The summed E-state index contributed by atoms with van der Waals surface area (Å²) in [6, 6.07) is 7.31. The molecule has 0 radical (unpaired) electrons. The Labute approximate surface area is 115 Å². The smallest absolute Gasteiger partial charge is 0.0604 e. The largest absolute Gasteiger partial charge is 0.385 e. The first-order chi connectivity index (χ1) is 9.36. The van der Waals surface area contributed by atoms with E-state index in [2.05, 4.69) is 35.8 Å². The van der Waals surface area contributed by atoms with Gasteiger partial charge in [-0.05, 0) is 43.7 Å². The number of nitrogens with one attached hydrogen (secondary N) is 2. The first kappa shape index (κ1) is 12.9. The molecule has 3 rings (SSSR count). The number of hydrogen-bond acceptors (Lipinski definition) is 3. The summed E-state index contributed by atoms with van der Waals surface area (Å²) in [4.78, 5) is 0. The Morgan fingerprint density at radius 1 is 1.37 bits per heavy atom. The highest BCUT2D eigenvalue weighted by molar-refractivity contribution is 5.59. The van der Waals surface area contributed by atoms with Gasteiger partial charge in [-0.1, -0.05) is 18.2 Å². The van der Waals surface area contributed by atoms with Gasteiger partial charge in [0.15, 0.2) is 0 Å². The zero-order valence-corrected chi connectivity index (χ0v) is 11.7. The summed E-state index contributed by atoms with van der Waals surface area (Å²) in [7, 11) is 0. The molecule has 1 heterocycles. The maximum Gasteiger partial charge on any atom is 0.0604 e. The number of ether oxygens (including phenoxy) is 1. The van der Waals surface area contributed by atoms with E-state index in [0.717, 1.165) is 32.5 Å².